The monoisotopic (exact) mass is 451 g/mol. The molecule has 1 aliphatic heterocycles. The number of ether oxygens (including phenoxy) is 3. The third kappa shape index (κ3) is 4.92. The van der Waals surface area contributed by atoms with Gasteiger partial charge < -0.3 is 19.1 Å². The Morgan fingerprint density at radius 1 is 1.09 bits per heavy atom. The Labute approximate surface area is 193 Å². The molecule has 1 saturated heterocycles. The largest absolute Gasteiger partial charge is 0.497 e. The van der Waals surface area contributed by atoms with Gasteiger partial charge in [0.15, 0.2) is 0 Å². The summed E-state index contributed by atoms with van der Waals surface area (Å²) in [5.41, 5.74) is 2.77. The summed E-state index contributed by atoms with van der Waals surface area (Å²) in [6.07, 6.45) is 1.60. The van der Waals surface area contributed by atoms with Crippen LogP contribution in [0.25, 0.3) is 11.3 Å². The summed E-state index contributed by atoms with van der Waals surface area (Å²) in [6.45, 7) is 4.91. The first-order chi connectivity index (χ1) is 15.9. The predicted molar refractivity (Wildman–Crippen MR) is 123 cm³/mol. The predicted octanol–water partition coefficient (Wildman–Crippen LogP) is 3.19. The second-order valence-electron chi connectivity index (χ2n) is 8.13. The van der Waals surface area contributed by atoms with Gasteiger partial charge in [-0.1, -0.05) is 0 Å². The summed E-state index contributed by atoms with van der Waals surface area (Å²) in [5, 5.41) is 4.57. The third-order valence-corrected chi connectivity index (χ3v) is 5.68. The molecule has 2 aromatic heterocycles. The number of likely N-dealkylation sites (tertiary alicyclic amines) is 1. The number of benzene rings is 1. The van der Waals surface area contributed by atoms with Crippen LogP contribution < -0.4 is 14.2 Å². The maximum absolute atomic E-state index is 13.4. The van der Waals surface area contributed by atoms with E-state index in [9.17, 15) is 4.79 Å². The molecule has 1 aliphatic rings. The van der Waals surface area contributed by atoms with Gasteiger partial charge in [-0.05, 0) is 51.0 Å². The fourth-order valence-electron chi connectivity index (χ4n) is 4.11. The Kier molecular flexibility index (Phi) is 6.48. The van der Waals surface area contributed by atoms with Crippen LogP contribution in [0.3, 0.4) is 0 Å². The molecule has 1 atom stereocenters. The maximum atomic E-state index is 13.4. The van der Waals surface area contributed by atoms with Gasteiger partial charge in [0.05, 0.1) is 26.5 Å². The molecule has 9 heteroatoms. The number of methoxy groups -OCH3 is 2. The topological polar surface area (TPSA) is 91.6 Å². The molecule has 174 valence electrons. The van der Waals surface area contributed by atoms with Crippen LogP contribution >= 0.6 is 0 Å². The number of piperidine rings is 1. The summed E-state index contributed by atoms with van der Waals surface area (Å²) < 4.78 is 18.5. The van der Waals surface area contributed by atoms with Crippen molar-refractivity contribution >= 4 is 5.91 Å². The van der Waals surface area contributed by atoms with E-state index in [0.717, 1.165) is 24.1 Å². The van der Waals surface area contributed by atoms with Gasteiger partial charge in [0.2, 0.25) is 5.88 Å². The zero-order chi connectivity index (χ0) is 23.5. The maximum Gasteiger partial charge on any atom is 0.272 e. The normalized spacial score (nSPS) is 15.9. The third-order valence-electron chi connectivity index (χ3n) is 5.68. The van der Waals surface area contributed by atoms with Crippen molar-refractivity contribution in [3.63, 3.8) is 0 Å². The number of carbonyl (C=O) groups is 1. The molecule has 0 spiro atoms. The molecule has 9 nitrogen and oxygen atoms in total. The summed E-state index contributed by atoms with van der Waals surface area (Å²) in [5.74, 6) is 2.49. The van der Waals surface area contributed by atoms with Crippen molar-refractivity contribution in [2.24, 2.45) is 7.05 Å². The van der Waals surface area contributed by atoms with Crippen molar-refractivity contribution in [2.75, 3.05) is 27.3 Å². The SMILES string of the molecule is COc1ccc(OC)c(-c2cc(C(=O)N3CCCC(Oc4cc(C)nc(C)n4)C3)n(C)n2)c1. The van der Waals surface area contributed by atoms with Crippen LogP contribution in [0.15, 0.2) is 30.3 Å². The number of rotatable bonds is 6. The average Bonchev–Trinajstić information content (AvgIpc) is 3.19. The van der Waals surface area contributed by atoms with Crippen LogP contribution in [0.2, 0.25) is 0 Å². The van der Waals surface area contributed by atoms with Crippen molar-refractivity contribution in [2.45, 2.75) is 32.8 Å². The van der Waals surface area contributed by atoms with E-state index in [1.807, 2.05) is 43.0 Å². The summed E-state index contributed by atoms with van der Waals surface area (Å²) >= 11 is 0. The van der Waals surface area contributed by atoms with E-state index >= 15 is 0 Å². The lowest BCUT2D eigenvalue weighted by Gasteiger charge is -2.32. The Hall–Kier alpha value is -3.62. The Morgan fingerprint density at radius 2 is 1.91 bits per heavy atom. The first kappa shape index (κ1) is 22.6. The average molecular weight is 452 g/mol. The fourth-order valence-corrected chi connectivity index (χ4v) is 4.11. The number of aromatic nitrogens is 4. The Bertz CT molecular complexity index is 1140. The zero-order valence-electron chi connectivity index (χ0n) is 19.7. The molecule has 33 heavy (non-hydrogen) atoms. The smallest absolute Gasteiger partial charge is 0.272 e. The molecule has 0 saturated carbocycles. The van der Waals surface area contributed by atoms with E-state index in [4.69, 9.17) is 14.2 Å². The number of carbonyl (C=O) groups excluding carboxylic acids is 1. The zero-order valence-corrected chi connectivity index (χ0v) is 19.7. The van der Waals surface area contributed by atoms with Gasteiger partial charge in [-0.3, -0.25) is 9.48 Å². The number of hydrogen-bond acceptors (Lipinski definition) is 7. The molecular weight excluding hydrogens is 422 g/mol. The molecule has 0 bridgehead atoms. The molecule has 1 amide bonds. The lowest BCUT2D eigenvalue weighted by atomic mass is 10.1. The molecular formula is C24H29N5O4. The molecule has 0 aliphatic carbocycles. The molecule has 1 unspecified atom stereocenters. The number of aryl methyl sites for hydroxylation is 3. The van der Waals surface area contributed by atoms with Gasteiger partial charge in [0.25, 0.3) is 5.91 Å². The molecule has 3 aromatic rings. The molecule has 0 N–H and O–H groups in total. The highest BCUT2D eigenvalue weighted by molar-refractivity contribution is 5.94. The van der Waals surface area contributed by atoms with Crippen molar-refractivity contribution < 1.29 is 19.0 Å². The molecule has 1 fully saturated rings. The van der Waals surface area contributed by atoms with Gasteiger partial charge >= 0.3 is 0 Å². The Balaban J connectivity index is 1.53. The number of hydrogen-bond donors (Lipinski definition) is 0. The first-order valence-corrected chi connectivity index (χ1v) is 10.9. The molecule has 4 rings (SSSR count). The van der Waals surface area contributed by atoms with Crippen LogP contribution in [0, 0.1) is 13.8 Å². The number of nitrogens with zero attached hydrogens (tertiary/aromatic N) is 5. The minimum atomic E-state index is -0.123. The van der Waals surface area contributed by atoms with E-state index in [0.29, 0.717) is 47.7 Å². The van der Waals surface area contributed by atoms with Gasteiger partial charge in [-0.2, -0.15) is 10.1 Å². The lowest BCUT2D eigenvalue weighted by molar-refractivity contribution is 0.0517. The highest BCUT2D eigenvalue weighted by Crippen LogP contribution is 2.33. The minimum absolute atomic E-state index is 0.0820. The standard InChI is InChI=1S/C24H29N5O4/c1-15-11-23(26-16(2)25-15)33-18-7-6-10-29(14-18)24(30)21-13-20(27-28(21)3)19-12-17(31-4)8-9-22(19)32-5/h8-9,11-13,18H,6-7,10,14H2,1-5H3. The van der Waals surface area contributed by atoms with Crippen LogP contribution in [0.1, 0.15) is 34.8 Å². The molecule has 1 aromatic carbocycles. The van der Waals surface area contributed by atoms with E-state index in [1.165, 1.54) is 0 Å². The number of amides is 1. The highest BCUT2D eigenvalue weighted by atomic mass is 16.5. The minimum Gasteiger partial charge on any atom is -0.497 e. The van der Waals surface area contributed by atoms with Crippen LogP contribution in [0.4, 0.5) is 0 Å². The van der Waals surface area contributed by atoms with E-state index in [2.05, 4.69) is 15.1 Å². The fraction of sp³-hybridized carbons (Fsp3) is 0.417. The quantitative estimate of drug-likeness (QED) is 0.568. The van der Waals surface area contributed by atoms with Crippen LogP contribution in [0.5, 0.6) is 17.4 Å². The summed E-state index contributed by atoms with van der Waals surface area (Å²) in [7, 11) is 4.99. The van der Waals surface area contributed by atoms with Crippen molar-refractivity contribution in [1.29, 1.82) is 0 Å². The lowest BCUT2D eigenvalue weighted by Crippen LogP contribution is -2.45. The van der Waals surface area contributed by atoms with Crippen LogP contribution in [-0.4, -0.2) is 64.0 Å². The first-order valence-electron chi connectivity index (χ1n) is 10.9. The van der Waals surface area contributed by atoms with Gasteiger partial charge in [-0.25, -0.2) is 4.98 Å². The molecule has 3 heterocycles. The van der Waals surface area contributed by atoms with Gasteiger partial charge in [0.1, 0.15) is 29.1 Å². The van der Waals surface area contributed by atoms with E-state index < -0.39 is 0 Å². The van der Waals surface area contributed by atoms with Crippen molar-refractivity contribution in [3.05, 3.63) is 47.5 Å². The highest BCUT2D eigenvalue weighted by Gasteiger charge is 2.28. The van der Waals surface area contributed by atoms with E-state index in [1.54, 1.807) is 32.0 Å². The molecule has 0 radical (unpaired) electrons. The van der Waals surface area contributed by atoms with Gasteiger partial charge in [-0.15, -0.1) is 0 Å². The second-order valence-corrected chi connectivity index (χ2v) is 8.13. The van der Waals surface area contributed by atoms with Crippen molar-refractivity contribution in [3.8, 4) is 28.6 Å². The summed E-state index contributed by atoms with van der Waals surface area (Å²) in [4.78, 5) is 23.8. The van der Waals surface area contributed by atoms with E-state index in [-0.39, 0.29) is 12.0 Å². The Morgan fingerprint density at radius 3 is 2.64 bits per heavy atom. The van der Waals surface area contributed by atoms with Gasteiger partial charge in [0, 0.05) is 30.9 Å². The van der Waals surface area contributed by atoms with Crippen LogP contribution in [-0.2, 0) is 7.05 Å². The summed E-state index contributed by atoms with van der Waals surface area (Å²) in [6, 6.07) is 9.12. The second kappa shape index (κ2) is 9.48. The van der Waals surface area contributed by atoms with Crippen molar-refractivity contribution in [1.82, 2.24) is 24.6 Å².